The first kappa shape index (κ1) is 12.4. The first-order chi connectivity index (χ1) is 4.86. The third-order valence-corrected chi connectivity index (χ3v) is 0.286. The second-order valence-electron chi connectivity index (χ2n) is 1.00. The second-order valence-corrected chi connectivity index (χ2v) is 1.00. The van der Waals surface area contributed by atoms with E-state index < -0.39 is 12.1 Å². The molecular formula is C3H3F3O5. The Morgan fingerprint density at radius 1 is 1.45 bits per heavy atom. The molecule has 0 aromatic carbocycles. The maximum absolute atomic E-state index is 10.6. The van der Waals surface area contributed by atoms with Crippen molar-refractivity contribution in [1.29, 1.82) is 0 Å². The fourth-order valence-corrected chi connectivity index (χ4v) is 0. The summed E-state index contributed by atoms with van der Waals surface area (Å²) in [5, 5.41) is 14.1. The van der Waals surface area contributed by atoms with Gasteiger partial charge >= 0.3 is 18.6 Å². The molecule has 2 N–H and O–H groups in total. The highest BCUT2D eigenvalue weighted by Crippen LogP contribution is 2.13. The molecule has 0 saturated heterocycles. The number of carbonyl (C=O) groups is 2. The quantitative estimate of drug-likeness (QED) is 0.340. The van der Waals surface area contributed by atoms with Gasteiger partial charge in [0.1, 0.15) is 0 Å². The zero-order chi connectivity index (χ0) is 9.49. The molecule has 0 aliphatic rings. The van der Waals surface area contributed by atoms with Crippen LogP contribution >= 0.6 is 0 Å². The van der Waals surface area contributed by atoms with Crippen molar-refractivity contribution in [2.45, 2.75) is 6.18 Å². The lowest BCUT2D eigenvalue weighted by molar-refractivity contribution is -0.217. The Hall–Kier alpha value is -1.31. The summed E-state index contributed by atoms with van der Waals surface area (Å²) in [5.41, 5.74) is 0. The Bertz CT molecular complexity index is 129. The van der Waals surface area contributed by atoms with Gasteiger partial charge in [0.15, 0.2) is 0 Å². The second kappa shape index (κ2) is 5.47. The van der Waals surface area contributed by atoms with Crippen LogP contribution in [0.15, 0.2) is 0 Å². The third kappa shape index (κ3) is 12.0. The molecule has 0 aromatic rings. The number of carboxylic acids is 1. The Labute approximate surface area is 57.9 Å². The van der Waals surface area contributed by atoms with E-state index in [1.54, 1.807) is 0 Å². The van der Waals surface area contributed by atoms with E-state index in [9.17, 15) is 13.2 Å². The molecule has 0 amide bonds. The van der Waals surface area contributed by atoms with Gasteiger partial charge in [-0.25, -0.2) is 10.1 Å². The molecule has 0 bridgehead atoms. The minimum atomic E-state index is -5.08. The van der Waals surface area contributed by atoms with Crippen LogP contribution in [0.4, 0.5) is 13.2 Å². The van der Waals surface area contributed by atoms with E-state index in [0.29, 0.717) is 0 Å². The van der Waals surface area contributed by atoms with E-state index in [4.69, 9.17) is 20.0 Å². The number of hydrogen-bond acceptors (Lipinski definition) is 4. The molecule has 0 saturated carbocycles. The molecule has 0 spiro atoms. The van der Waals surface area contributed by atoms with Gasteiger partial charge in [-0.05, 0) is 0 Å². The van der Waals surface area contributed by atoms with Gasteiger partial charge in [0, 0.05) is 0 Å². The van der Waals surface area contributed by atoms with Crippen LogP contribution in [-0.2, 0) is 14.5 Å². The van der Waals surface area contributed by atoms with Crippen LogP contribution in [0.1, 0.15) is 0 Å². The van der Waals surface area contributed by atoms with Gasteiger partial charge < -0.3 is 9.99 Å². The van der Waals surface area contributed by atoms with Crippen LogP contribution in [0.3, 0.4) is 0 Å². The summed E-state index contributed by atoms with van der Waals surface area (Å²) in [6, 6.07) is 0. The molecule has 11 heavy (non-hydrogen) atoms. The van der Waals surface area contributed by atoms with Gasteiger partial charge in [-0.3, -0.25) is 4.79 Å². The Kier molecular flexibility index (Phi) is 6.16. The first-order valence-electron chi connectivity index (χ1n) is 1.90. The molecule has 0 radical (unpaired) electrons. The molecular weight excluding hydrogens is 173 g/mol. The smallest absolute Gasteiger partial charge is 0.475 e. The number of hydrogen-bond donors (Lipinski definition) is 2. The minimum absolute atomic E-state index is 0.0694. The summed E-state index contributed by atoms with van der Waals surface area (Å²) in [4.78, 5) is 20.5. The van der Waals surface area contributed by atoms with Crippen molar-refractivity contribution < 1.29 is 38.0 Å². The van der Waals surface area contributed by atoms with Crippen molar-refractivity contribution in [1.82, 2.24) is 0 Å². The van der Waals surface area contributed by atoms with Crippen LogP contribution < -0.4 is 0 Å². The van der Waals surface area contributed by atoms with Crippen molar-refractivity contribution >= 4 is 12.4 Å². The lowest BCUT2D eigenvalue weighted by Crippen LogP contribution is -2.21. The number of carbonyl (C=O) groups excluding carboxylic acids is 1. The number of rotatable bonds is 1. The molecule has 0 rings (SSSR count). The molecule has 0 aliphatic heterocycles. The van der Waals surface area contributed by atoms with E-state index in [2.05, 4.69) is 4.89 Å². The van der Waals surface area contributed by atoms with Gasteiger partial charge in [0.25, 0.3) is 0 Å². The highest BCUT2D eigenvalue weighted by Gasteiger charge is 2.38. The van der Waals surface area contributed by atoms with Gasteiger partial charge in [0.2, 0.25) is 0 Å². The number of alkyl halides is 3. The van der Waals surface area contributed by atoms with Gasteiger partial charge in [-0.1, -0.05) is 0 Å². The molecule has 5 nitrogen and oxygen atoms in total. The number of carboxylic acid groups (broad SMARTS) is 1. The van der Waals surface area contributed by atoms with Crippen LogP contribution in [0.5, 0.6) is 0 Å². The van der Waals surface area contributed by atoms with Gasteiger partial charge in [-0.15, -0.1) is 0 Å². The average Bonchev–Trinajstić information content (AvgIpc) is 1.87. The lowest BCUT2D eigenvalue weighted by atomic mass is 10.7. The topological polar surface area (TPSA) is 83.8 Å². The maximum Gasteiger partial charge on any atom is 0.490 e. The molecule has 0 atom stereocenters. The van der Waals surface area contributed by atoms with Gasteiger partial charge in [0.05, 0.1) is 0 Å². The number of aliphatic carboxylic acids is 1. The molecule has 0 aliphatic carbocycles. The molecule has 0 unspecified atom stereocenters. The Balaban J connectivity index is 0. The summed E-state index contributed by atoms with van der Waals surface area (Å²) in [5.74, 6) is -2.76. The van der Waals surface area contributed by atoms with Crippen LogP contribution in [0.25, 0.3) is 0 Å². The summed E-state index contributed by atoms with van der Waals surface area (Å²) >= 11 is 0. The average molecular weight is 176 g/mol. The van der Waals surface area contributed by atoms with Crippen molar-refractivity contribution in [3.8, 4) is 0 Å². The summed E-state index contributed by atoms with van der Waals surface area (Å²) in [6.07, 6.45) is -5.08. The van der Waals surface area contributed by atoms with E-state index in [-0.39, 0.29) is 6.47 Å². The standard InChI is InChI=1S/C2HF3O2.CH2O3/c3-2(4,5)1(6)7;2-1-4-3/h(H,6,7);1,3H. The van der Waals surface area contributed by atoms with Crippen LogP contribution in [-0.4, -0.2) is 29.0 Å². The predicted octanol–water partition coefficient (Wildman–Crippen LogP) is 0.266. The van der Waals surface area contributed by atoms with Crippen LogP contribution in [0.2, 0.25) is 0 Å². The fourth-order valence-electron chi connectivity index (χ4n) is 0. The summed E-state index contributed by atoms with van der Waals surface area (Å²) in [7, 11) is 0. The van der Waals surface area contributed by atoms with Crippen LogP contribution in [0, 0.1) is 0 Å². The Morgan fingerprint density at radius 3 is 1.64 bits per heavy atom. The first-order valence-corrected chi connectivity index (χ1v) is 1.90. The normalized spacial score (nSPS) is 9.09. The maximum atomic E-state index is 10.6. The van der Waals surface area contributed by atoms with E-state index in [0.717, 1.165) is 0 Å². The zero-order valence-corrected chi connectivity index (χ0v) is 4.83. The van der Waals surface area contributed by atoms with E-state index in [1.807, 2.05) is 0 Å². The summed E-state index contributed by atoms with van der Waals surface area (Å²) < 4.78 is 31.7. The van der Waals surface area contributed by atoms with E-state index >= 15 is 0 Å². The predicted molar refractivity (Wildman–Crippen MR) is 23.5 cm³/mol. The highest BCUT2D eigenvalue weighted by atomic mass is 19.4. The van der Waals surface area contributed by atoms with Crippen molar-refractivity contribution in [2.75, 3.05) is 0 Å². The fraction of sp³-hybridized carbons (Fsp3) is 0.333. The zero-order valence-electron chi connectivity index (χ0n) is 4.83. The summed E-state index contributed by atoms with van der Waals surface area (Å²) in [6.45, 7) is -0.0694. The molecule has 0 aromatic heterocycles. The Morgan fingerprint density at radius 2 is 1.64 bits per heavy atom. The van der Waals surface area contributed by atoms with Crippen molar-refractivity contribution in [3.05, 3.63) is 0 Å². The third-order valence-electron chi connectivity index (χ3n) is 0.286. The van der Waals surface area contributed by atoms with E-state index in [1.165, 1.54) is 0 Å². The molecule has 0 heterocycles. The number of halogens is 3. The van der Waals surface area contributed by atoms with Gasteiger partial charge in [-0.2, -0.15) is 13.2 Å². The molecule has 66 valence electrons. The lowest BCUT2D eigenvalue weighted by Gasteiger charge is -1.93. The monoisotopic (exact) mass is 176 g/mol. The molecule has 0 fully saturated rings. The van der Waals surface area contributed by atoms with Crippen molar-refractivity contribution in [3.63, 3.8) is 0 Å². The SMILES string of the molecule is O=C(O)C(F)(F)F.O=COO. The minimum Gasteiger partial charge on any atom is -0.475 e. The largest absolute Gasteiger partial charge is 0.490 e. The van der Waals surface area contributed by atoms with Crippen molar-refractivity contribution in [2.24, 2.45) is 0 Å². The molecule has 8 heteroatoms. The highest BCUT2D eigenvalue weighted by molar-refractivity contribution is 5.73.